The molecule has 0 aliphatic heterocycles. The SMILES string of the molecule is COc1ccc(NC(=O)c2cc([N+](=O)[O-])cc([N+](=O)[O-])c2C)cc1. The fourth-order valence-electron chi connectivity index (χ4n) is 2.09. The molecular formula is C15H13N3O6. The quantitative estimate of drug-likeness (QED) is 0.663. The van der Waals surface area contributed by atoms with E-state index in [4.69, 9.17) is 4.74 Å². The smallest absolute Gasteiger partial charge is 0.279 e. The number of non-ortho nitro benzene ring substituents is 1. The number of nitro groups is 2. The second kappa shape index (κ2) is 6.73. The Hall–Kier alpha value is -3.49. The van der Waals surface area contributed by atoms with E-state index < -0.39 is 27.1 Å². The summed E-state index contributed by atoms with van der Waals surface area (Å²) < 4.78 is 5.00. The molecule has 2 rings (SSSR count). The van der Waals surface area contributed by atoms with E-state index in [2.05, 4.69) is 5.32 Å². The van der Waals surface area contributed by atoms with Gasteiger partial charge in [-0.15, -0.1) is 0 Å². The molecule has 2 aromatic rings. The molecule has 0 aliphatic rings. The van der Waals surface area contributed by atoms with Crippen molar-refractivity contribution in [1.82, 2.24) is 0 Å². The first kappa shape index (κ1) is 16.9. The van der Waals surface area contributed by atoms with Crippen molar-refractivity contribution >= 4 is 23.0 Å². The van der Waals surface area contributed by atoms with E-state index in [9.17, 15) is 25.0 Å². The number of benzene rings is 2. The highest BCUT2D eigenvalue weighted by Crippen LogP contribution is 2.28. The Morgan fingerprint density at radius 1 is 1.08 bits per heavy atom. The van der Waals surface area contributed by atoms with Gasteiger partial charge in [0, 0.05) is 17.3 Å². The number of nitrogens with one attached hydrogen (secondary N) is 1. The minimum atomic E-state index is -0.781. The monoisotopic (exact) mass is 331 g/mol. The Morgan fingerprint density at radius 2 is 1.71 bits per heavy atom. The van der Waals surface area contributed by atoms with Crippen LogP contribution in [-0.2, 0) is 0 Å². The number of hydrogen-bond donors (Lipinski definition) is 1. The zero-order chi connectivity index (χ0) is 17.9. The van der Waals surface area contributed by atoms with Gasteiger partial charge < -0.3 is 10.1 Å². The molecule has 0 saturated heterocycles. The molecule has 0 saturated carbocycles. The number of anilines is 1. The summed E-state index contributed by atoms with van der Waals surface area (Å²) >= 11 is 0. The van der Waals surface area contributed by atoms with Crippen LogP contribution < -0.4 is 10.1 Å². The van der Waals surface area contributed by atoms with Gasteiger partial charge in [0.05, 0.1) is 28.6 Å². The van der Waals surface area contributed by atoms with Crippen LogP contribution in [0.15, 0.2) is 36.4 Å². The number of nitro benzene ring substituents is 2. The summed E-state index contributed by atoms with van der Waals surface area (Å²) in [7, 11) is 1.50. The summed E-state index contributed by atoms with van der Waals surface area (Å²) in [6.45, 7) is 1.37. The number of hydrogen-bond acceptors (Lipinski definition) is 6. The highest BCUT2D eigenvalue weighted by molar-refractivity contribution is 6.06. The van der Waals surface area contributed by atoms with Crippen LogP contribution in [0.1, 0.15) is 15.9 Å². The normalized spacial score (nSPS) is 10.1. The van der Waals surface area contributed by atoms with E-state index in [1.807, 2.05) is 0 Å². The van der Waals surface area contributed by atoms with E-state index in [0.29, 0.717) is 11.4 Å². The zero-order valence-corrected chi connectivity index (χ0v) is 12.8. The average Bonchev–Trinajstić information content (AvgIpc) is 2.55. The summed E-state index contributed by atoms with van der Waals surface area (Å²) in [5.74, 6) is -0.0837. The van der Waals surface area contributed by atoms with Crippen molar-refractivity contribution in [2.45, 2.75) is 6.92 Å². The molecule has 9 nitrogen and oxygen atoms in total. The van der Waals surface area contributed by atoms with Gasteiger partial charge in [-0.3, -0.25) is 25.0 Å². The molecule has 1 N–H and O–H groups in total. The maximum absolute atomic E-state index is 12.4. The van der Waals surface area contributed by atoms with E-state index in [-0.39, 0.29) is 11.1 Å². The maximum Gasteiger partial charge on any atom is 0.279 e. The molecular weight excluding hydrogens is 318 g/mol. The number of nitrogens with zero attached hydrogens (tertiary/aromatic N) is 2. The molecule has 9 heteroatoms. The molecule has 0 radical (unpaired) electrons. The maximum atomic E-state index is 12.4. The second-order valence-corrected chi connectivity index (χ2v) is 4.83. The third-order valence-corrected chi connectivity index (χ3v) is 3.37. The van der Waals surface area contributed by atoms with Gasteiger partial charge in [-0.25, -0.2) is 0 Å². The van der Waals surface area contributed by atoms with Gasteiger partial charge in [0.25, 0.3) is 17.3 Å². The van der Waals surface area contributed by atoms with Crippen LogP contribution in [0, 0.1) is 27.2 Å². The number of amides is 1. The lowest BCUT2D eigenvalue weighted by Gasteiger charge is -2.09. The van der Waals surface area contributed by atoms with E-state index in [1.54, 1.807) is 24.3 Å². The van der Waals surface area contributed by atoms with Crippen LogP contribution in [-0.4, -0.2) is 22.9 Å². The van der Waals surface area contributed by atoms with Gasteiger partial charge in [0.1, 0.15) is 5.75 Å². The third-order valence-electron chi connectivity index (χ3n) is 3.37. The van der Waals surface area contributed by atoms with Gasteiger partial charge in [-0.1, -0.05) is 0 Å². The highest BCUT2D eigenvalue weighted by atomic mass is 16.6. The molecule has 0 aliphatic carbocycles. The Kier molecular flexibility index (Phi) is 4.73. The van der Waals surface area contributed by atoms with E-state index >= 15 is 0 Å². The van der Waals surface area contributed by atoms with Crippen molar-refractivity contribution in [3.05, 3.63) is 67.8 Å². The molecule has 2 aromatic carbocycles. The third kappa shape index (κ3) is 3.46. The van der Waals surface area contributed by atoms with Crippen LogP contribution in [0.2, 0.25) is 0 Å². The van der Waals surface area contributed by atoms with Crippen molar-refractivity contribution in [3.8, 4) is 5.75 Å². The van der Waals surface area contributed by atoms with Gasteiger partial charge in [-0.2, -0.15) is 0 Å². The molecule has 0 unspecified atom stereocenters. The predicted molar refractivity (Wildman–Crippen MR) is 85.4 cm³/mol. The number of methoxy groups -OCH3 is 1. The van der Waals surface area contributed by atoms with Crippen LogP contribution in [0.3, 0.4) is 0 Å². The van der Waals surface area contributed by atoms with Crippen LogP contribution >= 0.6 is 0 Å². The van der Waals surface area contributed by atoms with Crippen molar-refractivity contribution in [3.63, 3.8) is 0 Å². The zero-order valence-electron chi connectivity index (χ0n) is 12.8. The minimum Gasteiger partial charge on any atom is -0.497 e. The number of rotatable bonds is 5. The van der Waals surface area contributed by atoms with Gasteiger partial charge in [0.2, 0.25) is 0 Å². The van der Waals surface area contributed by atoms with Crippen molar-refractivity contribution in [1.29, 1.82) is 0 Å². The van der Waals surface area contributed by atoms with Crippen molar-refractivity contribution in [2.24, 2.45) is 0 Å². The molecule has 0 atom stereocenters. The second-order valence-electron chi connectivity index (χ2n) is 4.83. The fraction of sp³-hybridized carbons (Fsp3) is 0.133. The Morgan fingerprint density at radius 3 is 2.21 bits per heavy atom. The molecule has 0 fully saturated rings. The first-order chi connectivity index (χ1) is 11.3. The Labute approximate surface area is 136 Å². The van der Waals surface area contributed by atoms with Crippen LogP contribution in [0.25, 0.3) is 0 Å². The van der Waals surface area contributed by atoms with Gasteiger partial charge in [0.15, 0.2) is 0 Å². The molecule has 0 spiro atoms. The molecule has 24 heavy (non-hydrogen) atoms. The van der Waals surface area contributed by atoms with Crippen LogP contribution in [0.4, 0.5) is 17.1 Å². The Bertz CT molecular complexity index is 817. The van der Waals surface area contributed by atoms with Gasteiger partial charge in [-0.05, 0) is 31.2 Å². The minimum absolute atomic E-state index is 0.0524. The number of ether oxygens (including phenoxy) is 1. The highest BCUT2D eigenvalue weighted by Gasteiger charge is 2.24. The summed E-state index contributed by atoms with van der Waals surface area (Å²) in [6, 6.07) is 8.26. The molecule has 124 valence electrons. The molecule has 0 heterocycles. The van der Waals surface area contributed by atoms with Crippen LogP contribution in [0.5, 0.6) is 5.75 Å². The lowest BCUT2D eigenvalue weighted by Crippen LogP contribution is -2.14. The Balaban J connectivity index is 2.40. The molecule has 0 aromatic heterocycles. The lowest BCUT2D eigenvalue weighted by molar-refractivity contribution is -0.394. The first-order valence-electron chi connectivity index (χ1n) is 6.72. The number of carbonyl (C=O) groups excluding carboxylic acids is 1. The molecule has 0 bridgehead atoms. The van der Waals surface area contributed by atoms with Crippen molar-refractivity contribution in [2.75, 3.05) is 12.4 Å². The summed E-state index contributed by atoms with van der Waals surface area (Å²) in [5, 5.41) is 24.5. The fourth-order valence-corrected chi connectivity index (χ4v) is 2.09. The first-order valence-corrected chi connectivity index (χ1v) is 6.72. The van der Waals surface area contributed by atoms with Gasteiger partial charge >= 0.3 is 0 Å². The van der Waals surface area contributed by atoms with E-state index in [0.717, 1.165) is 12.1 Å². The lowest BCUT2D eigenvalue weighted by atomic mass is 10.0. The number of carbonyl (C=O) groups is 1. The van der Waals surface area contributed by atoms with E-state index in [1.165, 1.54) is 14.0 Å². The van der Waals surface area contributed by atoms with Crippen molar-refractivity contribution < 1.29 is 19.4 Å². The largest absolute Gasteiger partial charge is 0.497 e. The average molecular weight is 331 g/mol. The topological polar surface area (TPSA) is 125 Å². The summed E-state index contributed by atoms with van der Waals surface area (Å²) in [6.07, 6.45) is 0. The predicted octanol–water partition coefficient (Wildman–Crippen LogP) is 3.07. The summed E-state index contributed by atoms with van der Waals surface area (Å²) in [4.78, 5) is 32.8. The summed E-state index contributed by atoms with van der Waals surface area (Å²) in [5.41, 5.74) is -0.658. The molecule has 1 amide bonds. The standard InChI is InChI=1S/C15H13N3O6/c1-9-13(7-11(17(20)21)8-14(9)18(22)23)15(19)16-10-3-5-12(24-2)6-4-10/h3-8H,1-2H3,(H,16,19).